The van der Waals surface area contributed by atoms with Gasteiger partial charge in [-0.15, -0.1) is 0 Å². The van der Waals surface area contributed by atoms with Gasteiger partial charge in [0.1, 0.15) is 34.9 Å². The first kappa shape index (κ1) is 25.8. The number of benzene rings is 1. The van der Waals surface area contributed by atoms with Crippen molar-refractivity contribution in [2.75, 3.05) is 31.2 Å². The van der Waals surface area contributed by atoms with E-state index in [1.165, 1.54) is 6.33 Å². The summed E-state index contributed by atoms with van der Waals surface area (Å²) in [6.45, 7) is 6.48. The maximum absolute atomic E-state index is 13.2. The molecule has 3 N–H and O–H groups in total. The molecule has 4 aromatic heterocycles. The van der Waals surface area contributed by atoms with Gasteiger partial charge >= 0.3 is 0 Å². The first-order valence-electron chi connectivity index (χ1n) is 13.5. The van der Waals surface area contributed by atoms with Crippen LogP contribution in [0.4, 0.5) is 11.5 Å². The minimum absolute atomic E-state index is 0.219. The van der Waals surface area contributed by atoms with Crippen molar-refractivity contribution in [2.45, 2.75) is 38.8 Å². The SMILES string of the molecule is COc1cc(-c2nn(C3CCN(C(C)C)CC3)c3ncnc(N)c23)ccc1NC(=O)c1cc2cccnc2n1C. The van der Waals surface area contributed by atoms with Crippen LogP contribution in [-0.2, 0) is 7.05 Å². The van der Waals surface area contributed by atoms with Crippen LogP contribution < -0.4 is 15.8 Å². The minimum atomic E-state index is -0.258. The number of hydrogen-bond donors (Lipinski definition) is 2. The summed E-state index contributed by atoms with van der Waals surface area (Å²) >= 11 is 0. The Kier molecular flexibility index (Phi) is 6.59. The number of likely N-dealkylation sites (tertiary alicyclic amines) is 1. The summed E-state index contributed by atoms with van der Waals surface area (Å²) in [6.07, 6.45) is 5.17. The summed E-state index contributed by atoms with van der Waals surface area (Å²) in [5.74, 6) is 0.629. The first-order chi connectivity index (χ1) is 19.4. The predicted molar refractivity (Wildman–Crippen MR) is 155 cm³/mol. The summed E-state index contributed by atoms with van der Waals surface area (Å²) < 4.78 is 9.48. The number of nitrogens with two attached hydrogens (primary N) is 1. The van der Waals surface area contributed by atoms with E-state index < -0.39 is 0 Å². The van der Waals surface area contributed by atoms with Crippen LogP contribution in [0.3, 0.4) is 0 Å². The highest BCUT2D eigenvalue weighted by Crippen LogP contribution is 2.37. The summed E-state index contributed by atoms with van der Waals surface area (Å²) in [5.41, 5.74) is 10.4. The van der Waals surface area contributed by atoms with E-state index in [1.54, 1.807) is 17.9 Å². The van der Waals surface area contributed by atoms with Gasteiger partial charge in [-0.05, 0) is 57.0 Å². The number of pyridine rings is 1. The Morgan fingerprint density at radius 1 is 1.10 bits per heavy atom. The Balaban J connectivity index is 1.33. The van der Waals surface area contributed by atoms with Crippen molar-refractivity contribution in [3.63, 3.8) is 0 Å². The number of fused-ring (bicyclic) bond motifs is 2. The van der Waals surface area contributed by atoms with Crippen molar-refractivity contribution in [1.82, 2.24) is 34.2 Å². The molecule has 11 heteroatoms. The second-order valence-corrected chi connectivity index (χ2v) is 10.5. The van der Waals surface area contributed by atoms with Gasteiger partial charge in [-0.3, -0.25) is 4.79 Å². The molecule has 1 aliphatic rings. The van der Waals surface area contributed by atoms with Crippen molar-refractivity contribution >= 4 is 39.5 Å². The predicted octanol–water partition coefficient (Wildman–Crippen LogP) is 4.27. The van der Waals surface area contributed by atoms with Crippen LogP contribution >= 0.6 is 0 Å². The minimum Gasteiger partial charge on any atom is -0.495 e. The lowest BCUT2D eigenvalue weighted by Crippen LogP contribution is -2.39. The Labute approximate surface area is 232 Å². The fraction of sp³-hybridized carbons (Fsp3) is 0.345. The Bertz CT molecular complexity index is 1710. The summed E-state index contributed by atoms with van der Waals surface area (Å²) in [5, 5.41) is 9.63. The van der Waals surface area contributed by atoms with E-state index in [9.17, 15) is 4.79 Å². The molecular weight excluding hydrogens is 506 g/mol. The van der Waals surface area contributed by atoms with Crippen LogP contribution in [-0.4, -0.2) is 66.3 Å². The van der Waals surface area contributed by atoms with Gasteiger partial charge in [0.05, 0.1) is 24.2 Å². The summed E-state index contributed by atoms with van der Waals surface area (Å²) in [7, 11) is 3.40. The van der Waals surface area contributed by atoms with E-state index in [0.717, 1.165) is 53.6 Å². The number of carbonyl (C=O) groups excluding carboxylic acids is 1. The molecule has 5 aromatic rings. The molecule has 0 saturated carbocycles. The zero-order valence-electron chi connectivity index (χ0n) is 23.1. The van der Waals surface area contributed by atoms with E-state index in [0.29, 0.717) is 34.7 Å². The normalized spacial score (nSPS) is 14.8. The van der Waals surface area contributed by atoms with Crippen LogP contribution in [0.15, 0.2) is 48.9 Å². The zero-order valence-corrected chi connectivity index (χ0v) is 23.1. The van der Waals surface area contributed by atoms with E-state index in [1.807, 2.05) is 48.1 Å². The highest BCUT2D eigenvalue weighted by atomic mass is 16.5. The van der Waals surface area contributed by atoms with Crippen molar-refractivity contribution in [2.24, 2.45) is 7.05 Å². The van der Waals surface area contributed by atoms with Crippen LogP contribution in [0.5, 0.6) is 5.75 Å². The van der Waals surface area contributed by atoms with Gasteiger partial charge in [-0.2, -0.15) is 5.10 Å². The Morgan fingerprint density at radius 2 is 1.90 bits per heavy atom. The lowest BCUT2D eigenvalue weighted by atomic mass is 10.0. The molecular formula is C29H33N9O2. The maximum Gasteiger partial charge on any atom is 0.272 e. The number of piperidine rings is 1. The molecule has 11 nitrogen and oxygen atoms in total. The van der Waals surface area contributed by atoms with Gasteiger partial charge in [-0.25, -0.2) is 19.6 Å². The molecule has 0 spiro atoms. The second-order valence-electron chi connectivity index (χ2n) is 10.5. The molecule has 1 fully saturated rings. The third-order valence-corrected chi connectivity index (χ3v) is 7.84. The monoisotopic (exact) mass is 539 g/mol. The molecule has 206 valence electrons. The molecule has 40 heavy (non-hydrogen) atoms. The number of aromatic nitrogens is 6. The quantitative estimate of drug-likeness (QED) is 0.327. The number of carbonyl (C=O) groups is 1. The van der Waals surface area contributed by atoms with Crippen LogP contribution in [0, 0.1) is 0 Å². The topological polar surface area (TPSA) is 129 Å². The number of rotatable bonds is 6. The second kappa shape index (κ2) is 10.2. The number of nitrogen functional groups attached to an aromatic ring is 1. The van der Waals surface area contributed by atoms with Gasteiger partial charge in [0.2, 0.25) is 0 Å². The van der Waals surface area contributed by atoms with Gasteiger partial charge < -0.3 is 25.3 Å². The van der Waals surface area contributed by atoms with E-state index in [2.05, 4.69) is 39.0 Å². The average molecular weight is 540 g/mol. The number of ether oxygens (including phenoxy) is 1. The van der Waals surface area contributed by atoms with Crippen LogP contribution in [0.2, 0.25) is 0 Å². The number of nitrogens with zero attached hydrogens (tertiary/aromatic N) is 7. The number of anilines is 2. The summed E-state index contributed by atoms with van der Waals surface area (Å²) in [4.78, 5) is 28.9. The maximum atomic E-state index is 13.2. The van der Waals surface area contributed by atoms with Crippen LogP contribution in [0.25, 0.3) is 33.3 Å². The fourth-order valence-corrected chi connectivity index (χ4v) is 5.61. The van der Waals surface area contributed by atoms with Gasteiger partial charge in [0.25, 0.3) is 5.91 Å². The van der Waals surface area contributed by atoms with Gasteiger partial charge in [0.15, 0.2) is 5.65 Å². The van der Waals surface area contributed by atoms with E-state index >= 15 is 0 Å². The molecule has 0 bridgehead atoms. The third-order valence-electron chi connectivity index (χ3n) is 7.84. The number of hydrogen-bond acceptors (Lipinski definition) is 8. The molecule has 0 unspecified atom stereocenters. The smallest absolute Gasteiger partial charge is 0.272 e. The van der Waals surface area contributed by atoms with Crippen molar-refractivity contribution < 1.29 is 9.53 Å². The van der Waals surface area contributed by atoms with Crippen molar-refractivity contribution in [3.05, 3.63) is 54.6 Å². The fourth-order valence-electron chi connectivity index (χ4n) is 5.61. The highest BCUT2D eigenvalue weighted by molar-refractivity contribution is 6.07. The number of amides is 1. The van der Waals surface area contributed by atoms with Gasteiger partial charge in [0, 0.05) is 43.3 Å². The number of methoxy groups -OCH3 is 1. The Hall–Kier alpha value is -4.51. The molecule has 0 atom stereocenters. The standard InChI is InChI=1S/C29H33N9O2/c1-17(2)37-12-9-20(10-13-37)38-28-24(26(30)32-16-33-28)25(35-38)18-7-8-21(23(15-18)40-4)34-29(39)22-14-19-6-5-11-31-27(19)36(22)3/h5-8,11,14-17,20H,9-10,12-13H2,1-4H3,(H,34,39)(H2,30,32,33). The molecule has 1 aliphatic heterocycles. The average Bonchev–Trinajstić information content (AvgIpc) is 3.52. The molecule has 1 aromatic carbocycles. The zero-order chi connectivity index (χ0) is 28.0. The molecule has 5 heterocycles. The Morgan fingerprint density at radius 3 is 2.62 bits per heavy atom. The molecule has 0 aliphatic carbocycles. The van der Waals surface area contributed by atoms with Gasteiger partial charge in [-0.1, -0.05) is 6.07 Å². The lowest BCUT2D eigenvalue weighted by molar-refractivity contribution is 0.101. The molecule has 1 saturated heterocycles. The highest BCUT2D eigenvalue weighted by Gasteiger charge is 2.27. The van der Waals surface area contributed by atoms with Crippen molar-refractivity contribution in [3.8, 4) is 17.0 Å². The first-order valence-corrected chi connectivity index (χ1v) is 13.5. The number of aryl methyl sites for hydroxylation is 1. The summed E-state index contributed by atoms with van der Waals surface area (Å²) in [6, 6.07) is 11.9. The largest absolute Gasteiger partial charge is 0.495 e. The third kappa shape index (κ3) is 4.41. The molecule has 1 amide bonds. The van der Waals surface area contributed by atoms with E-state index in [-0.39, 0.29) is 11.9 Å². The number of nitrogens with one attached hydrogen (secondary N) is 1. The lowest BCUT2D eigenvalue weighted by Gasteiger charge is -2.34. The molecule has 6 rings (SSSR count). The van der Waals surface area contributed by atoms with E-state index in [4.69, 9.17) is 15.6 Å². The van der Waals surface area contributed by atoms with Crippen LogP contribution in [0.1, 0.15) is 43.2 Å². The molecule has 0 radical (unpaired) electrons. The van der Waals surface area contributed by atoms with Crippen molar-refractivity contribution in [1.29, 1.82) is 0 Å².